The van der Waals surface area contributed by atoms with E-state index in [-0.39, 0.29) is 18.7 Å². The summed E-state index contributed by atoms with van der Waals surface area (Å²) in [7, 11) is 3.37. The van der Waals surface area contributed by atoms with Crippen LogP contribution in [0.1, 0.15) is 12.8 Å². The molecule has 0 spiro atoms. The van der Waals surface area contributed by atoms with E-state index in [1.807, 2.05) is 23.9 Å². The maximum atomic E-state index is 11.1. The standard InChI is InChI=1S/C15H20N4O3/c1-18-6-5-12-14(18)15(17-10-16-12)19-7-3-11(4-8-19)22-9-13(20)21-2/h5-6,10-11H,3-4,7-9H2,1-2H3. The Hall–Kier alpha value is -2.15. The van der Waals surface area contributed by atoms with Crippen LogP contribution in [-0.4, -0.2) is 53.4 Å². The molecule has 0 amide bonds. The number of methoxy groups -OCH3 is 1. The molecule has 0 aromatic carbocycles. The number of rotatable bonds is 4. The molecular formula is C15H20N4O3. The average molecular weight is 304 g/mol. The lowest BCUT2D eigenvalue weighted by atomic mass is 10.1. The Morgan fingerprint density at radius 2 is 2.14 bits per heavy atom. The molecule has 0 saturated carbocycles. The van der Waals surface area contributed by atoms with Crippen molar-refractivity contribution in [3.63, 3.8) is 0 Å². The number of fused-ring (bicyclic) bond motifs is 1. The van der Waals surface area contributed by atoms with Gasteiger partial charge in [0, 0.05) is 26.3 Å². The van der Waals surface area contributed by atoms with Crippen LogP contribution in [0.5, 0.6) is 0 Å². The Morgan fingerprint density at radius 1 is 1.36 bits per heavy atom. The monoisotopic (exact) mass is 304 g/mol. The van der Waals surface area contributed by atoms with Crippen molar-refractivity contribution in [2.45, 2.75) is 18.9 Å². The summed E-state index contributed by atoms with van der Waals surface area (Å²) in [5.41, 5.74) is 2.01. The fourth-order valence-corrected chi connectivity index (χ4v) is 2.81. The molecule has 1 saturated heterocycles. The summed E-state index contributed by atoms with van der Waals surface area (Å²) in [6.45, 7) is 1.73. The van der Waals surface area contributed by atoms with Crippen molar-refractivity contribution < 1.29 is 14.3 Å². The average Bonchev–Trinajstić information content (AvgIpc) is 2.94. The van der Waals surface area contributed by atoms with E-state index in [9.17, 15) is 4.79 Å². The van der Waals surface area contributed by atoms with E-state index in [0.717, 1.165) is 42.8 Å². The lowest BCUT2D eigenvalue weighted by Crippen LogP contribution is -2.38. The van der Waals surface area contributed by atoms with E-state index in [1.165, 1.54) is 7.11 Å². The number of anilines is 1. The van der Waals surface area contributed by atoms with E-state index in [1.54, 1.807) is 6.33 Å². The largest absolute Gasteiger partial charge is 0.467 e. The molecule has 22 heavy (non-hydrogen) atoms. The molecule has 0 unspecified atom stereocenters. The molecule has 7 heteroatoms. The van der Waals surface area contributed by atoms with Gasteiger partial charge in [-0.1, -0.05) is 0 Å². The van der Waals surface area contributed by atoms with Gasteiger partial charge in [-0.05, 0) is 18.9 Å². The number of aryl methyl sites for hydroxylation is 1. The van der Waals surface area contributed by atoms with Gasteiger partial charge in [-0.15, -0.1) is 0 Å². The van der Waals surface area contributed by atoms with E-state index < -0.39 is 0 Å². The molecule has 2 aromatic heterocycles. The minimum absolute atomic E-state index is 0.0245. The van der Waals surface area contributed by atoms with Crippen molar-refractivity contribution in [1.82, 2.24) is 14.5 Å². The van der Waals surface area contributed by atoms with Crippen molar-refractivity contribution in [3.8, 4) is 0 Å². The second-order valence-corrected chi connectivity index (χ2v) is 5.43. The number of hydrogen-bond donors (Lipinski definition) is 0. The molecule has 0 radical (unpaired) electrons. The topological polar surface area (TPSA) is 69.5 Å². The first-order chi connectivity index (χ1) is 10.7. The van der Waals surface area contributed by atoms with Crippen LogP contribution in [0.15, 0.2) is 18.6 Å². The Kier molecular flexibility index (Phi) is 4.24. The molecule has 0 bridgehead atoms. The highest BCUT2D eigenvalue weighted by molar-refractivity contribution is 5.86. The normalized spacial score (nSPS) is 16.2. The summed E-state index contributed by atoms with van der Waals surface area (Å²) in [5, 5.41) is 0. The molecule has 3 heterocycles. The summed E-state index contributed by atoms with van der Waals surface area (Å²) >= 11 is 0. The molecule has 7 nitrogen and oxygen atoms in total. The minimum atomic E-state index is -0.330. The predicted octanol–water partition coefficient (Wildman–Crippen LogP) is 1.13. The number of hydrogen-bond acceptors (Lipinski definition) is 6. The number of carbonyl (C=O) groups excluding carboxylic acids is 1. The van der Waals surface area contributed by atoms with Crippen LogP contribution in [0.3, 0.4) is 0 Å². The fraction of sp³-hybridized carbons (Fsp3) is 0.533. The Labute approximate surface area is 128 Å². The second kappa shape index (κ2) is 6.31. The molecule has 0 atom stereocenters. The summed E-state index contributed by atoms with van der Waals surface area (Å²) in [6.07, 6.45) is 5.44. The van der Waals surface area contributed by atoms with Gasteiger partial charge in [0.1, 0.15) is 18.5 Å². The highest BCUT2D eigenvalue weighted by Gasteiger charge is 2.23. The first kappa shape index (κ1) is 14.8. The van der Waals surface area contributed by atoms with Crippen LogP contribution in [0.4, 0.5) is 5.82 Å². The molecule has 1 aliphatic rings. The van der Waals surface area contributed by atoms with Crippen molar-refractivity contribution in [2.24, 2.45) is 7.05 Å². The SMILES string of the molecule is COC(=O)COC1CCN(c2ncnc3ccn(C)c23)CC1. The van der Waals surface area contributed by atoms with Gasteiger partial charge in [0.25, 0.3) is 0 Å². The van der Waals surface area contributed by atoms with Crippen LogP contribution in [0.25, 0.3) is 11.0 Å². The Balaban J connectivity index is 1.66. The van der Waals surface area contributed by atoms with Gasteiger partial charge in [-0.3, -0.25) is 0 Å². The lowest BCUT2D eigenvalue weighted by molar-refractivity contribution is -0.148. The maximum absolute atomic E-state index is 11.1. The summed E-state index contributed by atoms with van der Waals surface area (Å²) < 4.78 is 12.2. The molecule has 2 aromatic rings. The zero-order chi connectivity index (χ0) is 15.5. The van der Waals surface area contributed by atoms with Gasteiger partial charge >= 0.3 is 5.97 Å². The lowest BCUT2D eigenvalue weighted by Gasteiger charge is -2.32. The predicted molar refractivity (Wildman–Crippen MR) is 81.7 cm³/mol. The van der Waals surface area contributed by atoms with Gasteiger partial charge in [-0.2, -0.15) is 0 Å². The van der Waals surface area contributed by atoms with Crippen molar-refractivity contribution in [2.75, 3.05) is 31.7 Å². The molecule has 1 aliphatic heterocycles. The van der Waals surface area contributed by atoms with Gasteiger partial charge in [0.2, 0.25) is 0 Å². The van der Waals surface area contributed by atoms with Crippen LogP contribution < -0.4 is 4.90 Å². The second-order valence-electron chi connectivity index (χ2n) is 5.43. The highest BCUT2D eigenvalue weighted by Crippen LogP contribution is 2.26. The van der Waals surface area contributed by atoms with Gasteiger partial charge < -0.3 is 18.9 Å². The first-order valence-electron chi connectivity index (χ1n) is 7.38. The van der Waals surface area contributed by atoms with Crippen LogP contribution in [0.2, 0.25) is 0 Å². The first-order valence-corrected chi connectivity index (χ1v) is 7.38. The number of aromatic nitrogens is 3. The summed E-state index contributed by atoms with van der Waals surface area (Å²) in [4.78, 5) is 22.1. The number of carbonyl (C=O) groups is 1. The quantitative estimate of drug-likeness (QED) is 0.789. The van der Waals surface area contributed by atoms with E-state index in [0.29, 0.717) is 0 Å². The van der Waals surface area contributed by atoms with Crippen LogP contribution in [0, 0.1) is 0 Å². The molecule has 1 fully saturated rings. The van der Waals surface area contributed by atoms with Gasteiger partial charge in [0.05, 0.1) is 18.7 Å². The van der Waals surface area contributed by atoms with Crippen molar-refractivity contribution in [1.29, 1.82) is 0 Å². The molecular weight excluding hydrogens is 284 g/mol. The zero-order valence-electron chi connectivity index (χ0n) is 12.9. The minimum Gasteiger partial charge on any atom is -0.467 e. The molecule has 118 valence electrons. The number of esters is 1. The van der Waals surface area contributed by atoms with Gasteiger partial charge in [0.15, 0.2) is 5.82 Å². The third-order valence-corrected chi connectivity index (χ3v) is 4.05. The third kappa shape index (κ3) is 2.89. The fourth-order valence-electron chi connectivity index (χ4n) is 2.81. The van der Waals surface area contributed by atoms with E-state index in [2.05, 4.69) is 19.6 Å². The van der Waals surface area contributed by atoms with Crippen LogP contribution >= 0.6 is 0 Å². The molecule has 3 rings (SSSR count). The summed E-state index contributed by atoms with van der Waals surface area (Å²) in [6, 6.07) is 1.99. The van der Waals surface area contributed by atoms with Gasteiger partial charge in [-0.25, -0.2) is 14.8 Å². The van der Waals surface area contributed by atoms with Crippen molar-refractivity contribution >= 4 is 22.8 Å². The molecule has 0 N–H and O–H groups in total. The zero-order valence-corrected chi connectivity index (χ0v) is 12.9. The third-order valence-electron chi connectivity index (χ3n) is 4.05. The highest BCUT2D eigenvalue weighted by atomic mass is 16.6. The van der Waals surface area contributed by atoms with Crippen LogP contribution in [-0.2, 0) is 21.3 Å². The maximum Gasteiger partial charge on any atom is 0.331 e. The molecule has 0 aliphatic carbocycles. The van der Waals surface area contributed by atoms with E-state index in [4.69, 9.17) is 4.74 Å². The number of piperidine rings is 1. The summed E-state index contributed by atoms with van der Waals surface area (Å²) in [5.74, 6) is 0.632. The Morgan fingerprint density at radius 3 is 2.86 bits per heavy atom. The number of ether oxygens (including phenoxy) is 2. The number of nitrogens with zero attached hydrogens (tertiary/aromatic N) is 4. The van der Waals surface area contributed by atoms with Crippen molar-refractivity contribution in [3.05, 3.63) is 18.6 Å². The Bertz CT molecular complexity index is 662. The van der Waals surface area contributed by atoms with E-state index >= 15 is 0 Å². The smallest absolute Gasteiger partial charge is 0.331 e.